The lowest BCUT2D eigenvalue weighted by Gasteiger charge is -1.80. The minimum Gasteiger partial charge on any atom is -0.481 e. The molecule has 20 heavy (non-hydrogen) atoms. The van der Waals surface area contributed by atoms with Gasteiger partial charge in [-0.2, -0.15) is 0 Å². The number of carboxylic acid groups (broad SMARTS) is 2. The molecule has 0 heterocycles. The molecule has 10 nitrogen and oxygen atoms in total. The number of rotatable bonds is 0. The molecule has 0 aromatic rings. The molecule has 0 saturated heterocycles. The number of carbonyl (C=O) groups is 4. The fraction of sp³-hybridized carbons (Fsp3) is 0.600. The summed E-state index contributed by atoms with van der Waals surface area (Å²) in [6.07, 6.45) is 0. The molecule has 0 unspecified atom stereocenters. The zero-order valence-electron chi connectivity index (χ0n) is 12.8. The first-order chi connectivity index (χ1) is 8.00. The summed E-state index contributed by atoms with van der Waals surface area (Å²) in [4.78, 5) is 37.2. The van der Waals surface area contributed by atoms with E-state index in [1.54, 1.807) is 0 Å². The van der Waals surface area contributed by atoms with Crippen molar-refractivity contribution in [3.8, 4) is 0 Å². The number of ether oxygens (including phenoxy) is 2. The Labute approximate surface area is 118 Å². The van der Waals surface area contributed by atoms with Crippen molar-refractivity contribution < 1.29 is 38.9 Å². The lowest BCUT2D eigenvalue weighted by Crippen LogP contribution is -1.88. The van der Waals surface area contributed by atoms with E-state index in [1.807, 2.05) is 0 Å². The Morgan fingerprint density at radius 2 is 0.700 bits per heavy atom. The molecule has 0 aromatic carbocycles. The fourth-order valence-electron chi connectivity index (χ4n) is 0. The van der Waals surface area contributed by atoms with E-state index in [0.717, 1.165) is 13.8 Å². The summed E-state index contributed by atoms with van der Waals surface area (Å²) in [5.41, 5.74) is 0. The highest BCUT2D eigenvalue weighted by Crippen LogP contribution is 1.60. The molecule has 0 aliphatic carbocycles. The van der Waals surface area contributed by atoms with Gasteiger partial charge < -0.3 is 32.0 Å². The topological polar surface area (TPSA) is 197 Å². The molecule has 10 heteroatoms. The van der Waals surface area contributed by atoms with Gasteiger partial charge in [-0.25, -0.2) is 0 Å². The second-order valence-corrected chi connectivity index (χ2v) is 2.43. The van der Waals surface area contributed by atoms with Crippen LogP contribution in [0.5, 0.6) is 0 Å². The Bertz CT molecular complexity index is 222. The highest BCUT2D eigenvalue weighted by Gasteiger charge is 1.76. The zero-order chi connectivity index (χ0) is 15.7. The average Bonchev–Trinajstić information content (AvgIpc) is 2.16. The maximum absolute atomic E-state index is 9.59. The van der Waals surface area contributed by atoms with Crippen molar-refractivity contribution in [2.24, 2.45) is 0 Å². The molecule has 0 spiro atoms. The molecule has 0 atom stereocenters. The number of carbonyl (C=O) groups excluding carboxylic acids is 2. The van der Waals surface area contributed by atoms with Crippen molar-refractivity contribution in [3.05, 3.63) is 0 Å². The monoisotopic (exact) mass is 302 g/mol. The van der Waals surface area contributed by atoms with Crippen LogP contribution < -0.4 is 12.3 Å². The van der Waals surface area contributed by atoms with Gasteiger partial charge in [-0.3, -0.25) is 19.2 Å². The van der Waals surface area contributed by atoms with E-state index in [4.69, 9.17) is 19.8 Å². The maximum Gasteiger partial charge on any atom is 0.302 e. The number of carboxylic acids is 2. The van der Waals surface area contributed by atoms with Crippen LogP contribution in [0.3, 0.4) is 0 Å². The lowest BCUT2D eigenvalue weighted by molar-refractivity contribution is -0.138. The van der Waals surface area contributed by atoms with Crippen molar-refractivity contribution in [2.45, 2.75) is 27.7 Å². The Balaban J connectivity index is -0.0000000318. The summed E-state index contributed by atoms with van der Waals surface area (Å²) < 4.78 is 8.22. The van der Waals surface area contributed by atoms with Gasteiger partial charge in [0.05, 0.1) is 14.2 Å². The van der Waals surface area contributed by atoms with Crippen LogP contribution in [0.15, 0.2) is 0 Å². The summed E-state index contributed by atoms with van der Waals surface area (Å²) in [6.45, 7) is 4.89. The van der Waals surface area contributed by atoms with Crippen LogP contribution in [0.25, 0.3) is 0 Å². The summed E-state index contributed by atoms with van der Waals surface area (Å²) in [5.74, 6) is -2.16. The molecule has 0 fully saturated rings. The Morgan fingerprint density at radius 3 is 0.700 bits per heavy atom. The first kappa shape index (κ1) is 36.1. The van der Waals surface area contributed by atoms with Crippen LogP contribution in [-0.2, 0) is 28.7 Å². The van der Waals surface area contributed by atoms with Gasteiger partial charge in [-0.15, -0.1) is 0 Å². The van der Waals surface area contributed by atoms with Crippen LogP contribution in [0.4, 0.5) is 0 Å². The zero-order valence-corrected chi connectivity index (χ0v) is 12.8. The van der Waals surface area contributed by atoms with Gasteiger partial charge in [0.15, 0.2) is 0 Å². The van der Waals surface area contributed by atoms with E-state index in [-0.39, 0.29) is 24.2 Å². The number of methoxy groups -OCH3 is 2. The van der Waals surface area contributed by atoms with Crippen LogP contribution >= 0.6 is 0 Å². The van der Waals surface area contributed by atoms with E-state index >= 15 is 0 Å². The smallest absolute Gasteiger partial charge is 0.302 e. The maximum atomic E-state index is 9.59. The van der Waals surface area contributed by atoms with Crippen LogP contribution in [0.2, 0.25) is 0 Å². The van der Waals surface area contributed by atoms with Crippen molar-refractivity contribution >= 4 is 23.9 Å². The fourth-order valence-corrected chi connectivity index (χ4v) is 0. The van der Waals surface area contributed by atoms with Crippen LogP contribution in [0, 0.1) is 0 Å². The SMILES string of the molecule is CC(=O)O.CC(=O)O.COC(C)=O.COC(C)=O.N.N. The van der Waals surface area contributed by atoms with Crippen LogP contribution in [-0.4, -0.2) is 48.3 Å². The number of hydrogen-bond acceptors (Lipinski definition) is 8. The first-order valence-corrected chi connectivity index (χ1v) is 4.49. The highest BCUT2D eigenvalue weighted by atomic mass is 16.5. The molecule has 0 saturated carbocycles. The van der Waals surface area contributed by atoms with Gasteiger partial charge in [0.1, 0.15) is 0 Å². The molecule has 0 aromatic heterocycles. The first-order valence-electron chi connectivity index (χ1n) is 4.49. The normalized spacial score (nSPS) is 5.90. The van der Waals surface area contributed by atoms with Gasteiger partial charge in [0.25, 0.3) is 11.9 Å². The molecular formula is C10H26N2O8. The molecular weight excluding hydrogens is 276 g/mol. The number of hydrogen-bond donors (Lipinski definition) is 4. The van der Waals surface area contributed by atoms with Crippen molar-refractivity contribution in [3.63, 3.8) is 0 Å². The summed E-state index contributed by atoms with van der Waals surface area (Å²) in [6, 6.07) is 0. The molecule has 0 rings (SSSR count). The van der Waals surface area contributed by atoms with E-state index in [9.17, 15) is 9.59 Å². The molecule has 0 amide bonds. The molecule has 124 valence electrons. The third-order valence-corrected chi connectivity index (χ3v) is 0.575. The van der Waals surface area contributed by atoms with E-state index in [1.165, 1.54) is 28.1 Å². The largest absolute Gasteiger partial charge is 0.481 e. The third-order valence-electron chi connectivity index (χ3n) is 0.575. The second-order valence-electron chi connectivity index (χ2n) is 2.43. The van der Waals surface area contributed by atoms with Gasteiger partial charge >= 0.3 is 11.9 Å². The van der Waals surface area contributed by atoms with E-state index < -0.39 is 11.9 Å². The predicted molar refractivity (Wildman–Crippen MR) is 72.0 cm³/mol. The van der Waals surface area contributed by atoms with Crippen molar-refractivity contribution in [2.75, 3.05) is 14.2 Å². The summed E-state index contributed by atoms with van der Waals surface area (Å²) in [7, 11) is 2.70. The van der Waals surface area contributed by atoms with Crippen molar-refractivity contribution in [1.29, 1.82) is 0 Å². The Hall–Kier alpha value is -2.20. The Kier molecular flexibility index (Phi) is 54.3. The van der Waals surface area contributed by atoms with Gasteiger partial charge in [-0.1, -0.05) is 0 Å². The quantitative estimate of drug-likeness (QED) is 0.465. The minimum atomic E-state index is -0.833. The van der Waals surface area contributed by atoms with E-state index in [0.29, 0.717) is 0 Å². The summed E-state index contributed by atoms with van der Waals surface area (Å²) >= 11 is 0. The second kappa shape index (κ2) is 30.1. The van der Waals surface area contributed by atoms with Crippen LogP contribution in [0.1, 0.15) is 27.7 Å². The minimum absolute atomic E-state index is 0. The van der Waals surface area contributed by atoms with E-state index in [2.05, 4.69) is 9.47 Å². The highest BCUT2D eigenvalue weighted by molar-refractivity contribution is 5.65. The molecule has 0 radical (unpaired) electrons. The molecule has 8 N–H and O–H groups in total. The van der Waals surface area contributed by atoms with Crippen molar-refractivity contribution in [1.82, 2.24) is 12.3 Å². The third kappa shape index (κ3) is 1070. The number of aliphatic carboxylic acids is 2. The Morgan fingerprint density at radius 1 is 0.650 bits per heavy atom. The standard InChI is InChI=1S/2C3H6O2.2C2H4O2.2H3N/c2*1-3(4)5-2;2*1-2(3)4;;/h2*1-2H3;2*1H3,(H,3,4);2*1H3. The number of esters is 2. The van der Waals surface area contributed by atoms with Gasteiger partial charge in [-0.05, 0) is 0 Å². The van der Waals surface area contributed by atoms with Gasteiger partial charge in [0, 0.05) is 27.7 Å². The average molecular weight is 302 g/mol. The predicted octanol–water partition coefficient (Wildman–Crippen LogP) is 0.864. The summed E-state index contributed by atoms with van der Waals surface area (Å²) in [5, 5.41) is 14.8. The molecule has 0 aliphatic rings. The molecule has 0 aliphatic heterocycles. The molecule has 0 bridgehead atoms. The lowest BCUT2D eigenvalue weighted by atomic mass is 10.8. The van der Waals surface area contributed by atoms with Gasteiger partial charge in [0.2, 0.25) is 0 Å².